The Morgan fingerprint density at radius 2 is 1.89 bits per heavy atom. The Hall–Kier alpha value is -1.78. The van der Waals surface area contributed by atoms with Crippen molar-refractivity contribution in [3.8, 4) is 5.75 Å². The first-order chi connectivity index (χ1) is 8.72. The van der Waals surface area contributed by atoms with E-state index in [1.165, 1.54) is 0 Å². The number of hydrogen-bond acceptors (Lipinski definition) is 4. The minimum absolute atomic E-state index is 0.238. The van der Waals surface area contributed by atoms with Crippen LogP contribution in [0.15, 0.2) is 36.4 Å². The van der Waals surface area contributed by atoms with E-state index in [0.717, 1.165) is 22.2 Å². The normalized spacial score (nSPS) is 12.4. The van der Waals surface area contributed by atoms with Gasteiger partial charge >= 0.3 is 0 Å². The average Bonchev–Trinajstić information content (AvgIpc) is 2.43. The summed E-state index contributed by atoms with van der Waals surface area (Å²) in [7, 11) is 1.65. The number of fused-ring (bicyclic) bond motifs is 1. The van der Waals surface area contributed by atoms with Gasteiger partial charge in [-0.05, 0) is 35.0 Å². The Bertz CT molecular complexity index is 527. The number of rotatable bonds is 5. The van der Waals surface area contributed by atoms with Gasteiger partial charge in [0.15, 0.2) is 0 Å². The number of benzene rings is 2. The zero-order chi connectivity index (χ0) is 13.0. The Balaban J connectivity index is 2.17. The molecular weight excluding hydrogens is 230 g/mol. The van der Waals surface area contributed by atoms with Crippen molar-refractivity contribution < 1.29 is 14.9 Å². The van der Waals surface area contributed by atoms with Crippen LogP contribution in [-0.2, 0) is 0 Å². The largest absolute Gasteiger partial charge is 0.497 e. The minimum atomic E-state index is -0.739. The predicted molar refractivity (Wildman–Crippen MR) is 72.1 cm³/mol. The molecule has 0 aliphatic heterocycles. The van der Waals surface area contributed by atoms with Crippen LogP contribution < -0.4 is 10.1 Å². The Kier molecular flexibility index (Phi) is 4.02. The second-order valence-corrected chi connectivity index (χ2v) is 4.15. The van der Waals surface area contributed by atoms with Gasteiger partial charge in [0, 0.05) is 12.2 Å². The molecule has 0 aliphatic rings. The second-order valence-electron chi connectivity index (χ2n) is 4.15. The van der Waals surface area contributed by atoms with E-state index in [2.05, 4.69) is 5.32 Å². The quantitative estimate of drug-likeness (QED) is 0.751. The highest BCUT2D eigenvalue weighted by Gasteiger charge is 2.02. The maximum atomic E-state index is 9.27. The van der Waals surface area contributed by atoms with Crippen molar-refractivity contribution in [2.24, 2.45) is 0 Å². The minimum Gasteiger partial charge on any atom is -0.497 e. The molecule has 18 heavy (non-hydrogen) atoms. The van der Waals surface area contributed by atoms with Crippen LogP contribution in [0.2, 0.25) is 0 Å². The topological polar surface area (TPSA) is 61.7 Å². The van der Waals surface area contributed by atoms with E-state index in [4.69, 9.17) is 9.84 Å². The maximum Gasteiger partial charge on any atom is 0.119 e. The number of aliphatic hydroxyl groups excluding tert-OH is 2. The maximum absolute atomic E-state index is 9.27. The second kappa shape index (κ2) is 5.71. The molecule has 2 aromatic carbocycles. The molecule has 2 aromatic rings. The molecule has 0 spiro atoms. The zero-order valence-electron chi connectivity index (χ0n) is 10.3. The molecule has 0 heterocycles. The van der Waals surface area contributed by atoms with Gasteiger partial charge < -0.3 is 20.3 Å². The van der Waals surface area contributed by atoms with Gasteiger partial charge in [0.1, 0.15) is 5.75 Å². The first-order valence-corrected chi connectivity index (χ1v) is 5.83. The Labute approximate surface area is 106 Å². The van der Waals surface area contributed by atoms with Crippen molar-refractivity contribution in [1.82, 2.24) is 0 Å². The van der Waals surface area contributed by atoms with Crippen LogP contribution in [0.5, 0.6) is 5.75 Å². The molecule has 0 bridgehead atoms. The molecule has 4 nitrogen and oxygen atoms in total. The third kappa shape index (κ3) is 2.91. The number of nitrogens with one attached hydrogen (secondary N) is 1. The summed E-state index contributed by atoms with van der Waals surface area (Å²) in [6.07, 6.45) is -0.739. The summed E-state index contributed by atoms with van der Waals surface area (Å²) in [4.78, 5) is 0. The summed E-state index contributed by atoms with van der Waals surface area (Å²) in [6.45, 7) is 0.0932. The number of hydrogen-bond donors (Lipinski definition) is 3. The molecule has 0 amide bonds. The molecule has 0 saturated carbocycles. The molecule has 4 heteroatoms. The van der Waals surface area contributed by atoms with E-state index in [1.807, 2.05) is 36.4 Å². The summed E-state index contributed by atoms with van der Waals surface area (Å²) >= 11 is 0. The third-order valence-corrected chi connectivity index (χ3v) is 2.80. The van der Waals surface area contributed by atoms with Crippen molar-refractivity contribution in [2.45, 2.75) is 6.10 Å². The fourth-order valence-electron chi connectivity index (χ4n) is 1.76. The molecule has 0 saturated heterocycles. The fourth-order valence-corrected chi connectivity index (χ4v) is 1.76. The predicted octanol–water partition coefficient (Wildman–Crippen LogP) is 1.61. The smallest absolute Gasteiger partial charge is 0.119 e. The van der Waals surface area contributed by atoms with Crippen LogP contribution in [0.25, 0.3) is 10.8 Å². The molecule has 3 N–H and O–H groups in total. The van der Waals surface area contributed by atoms with Gasteiger partial charge in [0.25, 0.3) is 0 Å². The van der Waals surface area contributed by atoms with Crippen LogP contribution in [0, 0.1) is 0 Å². The van der Waals surface area contributed by atoms with Crippen molar-refractivity contribution in [3.05, 3.63) is 36.4 Å². The van der Waals surface area contributed by atoms with E-state index in [9.17, 15) is 5.11 Å². The van der Waals surface area contributed by atoms with E-state index in [1.54, 1.807) is 7.11 Å². The summed E-state index contributed by atoms with van der Waals surface area (Å²) in [6, 6.07) is 11.8. The van der Waals surface area contributed by atoms with Gasteiger partial charge in [-0.15, -0.1) is 0 Å². The van der Waals surface area contributed by atoms with E-state index in [0.29, 0.717) is 6.54 Å². The molecular formula is C14H17NO3. The lowest BCUT2D eigenvalue weighted by Gasteiger charge is -2.11. The van der Waals surface area contributed by atoms with Gasteiger partial charge in [-0.2, -0.15) is 0 Å². The van der Waals surface area contributed by atoms with Gasteiger partial charge in [0.2, 0.25) is 0 Å². The van der Waals surface area contributed by atoms with Crippen molar-refractivity contribution >= 4 is 16.5 Å². The van der Waals surface area contributed by atoms with Gasteiger partial charge in [0.05, 0.1) is 19.8 Å². The van der Waals surface area contributed by atoms with E-state index >= 15 is 0 Å². The molecule has 2 rings (SSSR count). The van der Waals surface area contributed by atoms with Crippen molar-refractivity contribution in [2.75, 3.05) is 25.6 Å². The molecule has 0 aliphatic carbocycles. The Morgan fingerprint density at radius 3 is 2.61 bits per heavy atom. The third-order valence-electron chi connectivity index (χ3n) is 2.80. The molecule has 0 aromatic heterocycles. The monoisotopic (exact) mass is 247 g/mol. The van der Waals surface area contributed by atoms with E-state index < -0.39 is 6.10 Å². The molecule has 0 radical (unpaired) electrons. The molecule has 96 valence electrons. The summed E-state index contributed by atoms with van der Waals surface area (Å²) in [5.74, 6) is 0.832. The number of aliphatic hydroxyl groups is 2. The average molecular weight is 247 g/mol. The SMILES string of the molecule is COc1ccc2cc(NCC(O)CO)ccc2c1. The van der Waals surface area contributed by atoms with Crippen LogP contribution in [0.3, 0.4) is 0 Å². The molecule has 1 atom stereocenters. The van der Waals surface area contributed by atoms with Gasteiger partial charge in [-0.3, -0.25) is 0 Å². The van der Waals surface area contributed by atoms with Gasteiger partial charge in [-0.25, -0.2) is 0 Å². The lowest BCUT2D eigenvalue weighted by molar-refractivity contribution is 0.105. The van der Waals surface area contributed by atoms with Crippen LogP contribution in [0.4, 0.5) is 5.69 Å². The standard InChI is InChI=1S/C14H17NO3/c1-18-14-5-3-10-6-12(4-2-11(10)7-14)15-8-13(17)9-16/h2-7,13,15-17H,8-9H2,1H3. The first kappa shape index (κ1) is 12.7. The Morgan fingerprint density at radius 1 is 1.17 bits per heavy atom. The number of ether oxygens (including phenoxy) is 1. The van der Waals surface area contributed by atoms with Crippen molar-refractivity contribution in [3.63, 3.8) is 0 Å². The fraction of sp³-hybridized carbons (Fsp3) is 0.286. The highest BCUT2D eigenvalue weighted by atomic mass is 16.5. The van der Waals surface area contributed by atoms with E-state index in [-0.39, 0.29) is 6.61 Å². The zero-order valence-corrected chi connectivity index (χ0v) is 10.3. The van der Waals surface area contributed by atoms with Crippen LogP contribution in [0.1, 0.15) is 0 Å². The molecule has 0 fully saturated rings. The summed E-state index contributed by atoms with van der Waals surface area (Å²) in [5, 5.41) is 23.3. The summed E-state index contributed by atoms with van der Waals surface area (Å²) in [5.41, 5.74) is 0.917. The highest BCUT2D eigenvalue weighted by Crippen LogP contribution is 2.23. The summed E-state index contributed by atoms with van der Waals surface area (Å²) < 4.78 is 5.17. The van der Waals surface area contributed by atoms with Gasteiger partial charge in [-0.1, -0.05) is 12.1 Å². The lowest BCUT2D eigenvalue weighted by Crippen LogP contribution is -2.22. The molecule has 1 unspecified atom stereocenters. The highest BCUT2D eigenvalue weighted by molar-refractivity contribution is 5.86. The number of methoxy groups -OCH3 is 1. The number of anilines is 1. The van der Waals surface area contributed by atoms with Crippen LogP contribution in [-0.4, -0.2) is 36.6 Å². The lowest BCUT2D eigenvalue weighted by atomic mass is 10.1. The first-order valence-electron chi connectivity index (χ1n) is 5.83. The van der Waals surface area contributed by atoms with Crippen molar-refractivity contribution in [1.29, 1.82) is 0 Å². The van der Waals surface area contributed by atoms with Crippen LogP contribution >= 0.6 is 0 Å².